The minimum Gasteiger partial charge on any atom is -0.465 e. The second-order valence-corrected chi connectivity index (χ2v) is 3.78. The van der Waals surface area contributed by atoms with Crippen molar-refractivity contribution in [2.24, 2.45) is 5.73 Å². The van der Waals surface area contributed by atoms with Crippen LogP contribution in [-0.4, -0.2) is 38.1 Å². The summed E-state index contributed by atoms with van der Waals surface area (Å²) in [6.45, 7) is 3.08. The zero-order chi connectivity index (χ0) is 14.1. The normalized spacial score (nSPS) is 9.79. The number of esters is 1. The third kappa shape index (κ3) is 5.39. The number of hydrogen-bond donors (Lipinski definition) is 3. The van der Waals surface area contributed by atoms with Crippen molar-refractivity contribution in [3.63, 3.8) is 0 Å². The van der Waals surface area contributed by atoms with Gasteiger partial charge in [-0.2, -0.15) is 0 Å². The van der Waals surface area contributed by atoms with Crippen molar-refractivity contribution in [3.05, 3.63) is 29.8 Å². The number of carbonyl (C=O) groups excluding carboxylic acids is 2. The zero-order valence-corrected chi connectivity index (χ0v) is 10.9. The van der Waals surface area contributed by atoms with E-state index in [0.717, 1.165) is 5.69 Å². The first-order valence-electron chi connectivity index (χ1n) is 6.15. The van der Waals surface area contributed by atoms with Gasteiger partial charge in [-0.05, 0) is 31.2 Å². The van der Waals surface area contributed by atoms with Crippen molar-refractivity contribution in [2.75, 3.05) is 31.6 Å². The van der Waals surface area contributed by atoms with Crippen LogP contribution in [0.5, 0.6) is 0 Å². The van der Waals surface area contributed by atoms with Crippen molar-refractivity contribution in [2.45, 2.75) is 6.92 Å². The molecule has 6 heteroatoms. The van der Waals surface area contributed by atoms with Crippen LogP contribution < -0.4 is 16.4 Å². The Morgan fingerprint density at radius 2 is 1.95 bits per heavy atom. The molecule has 0 heterocycles. The Bertz CT molecular complexity index is 418. The molecule has 6 nitrogen and oxygen atoms in total. The predicted octanol–water partition coefficient (Wildman–Crippen LogP) is 0.350. The SMILES string of the molecule is CCOC(=O)CNc1ccc(C(=O)NCCN)cc1. The van der Waals surface area contributed by atoms with Gasteiger partial charge in [0, 0.05) is 24.3 Å². The highest BCUT2D eigenvalue weighted by molar-refractivity contribution is 5.94. The summed E-state index contributed by atoms with van der Waals surface area (Å²) in [4.78, 5) is 22.8. The van der Waals surface area contributed by atoms with Crippen molar-refractivity contribution in [1.82, 2.24) is 5.32 Å². The number of benzene rings is 1. The van der Waals surface area contributed by atoms with Gasteiger partial charge in [0.05, 0.1) is 6.61 Å². The van der Waals surface area contributed by atoms with Crippen LogP contribution in [0, 0.1) is 0 Å². The maximum Gasteiger partial charge on any atom is 0.325 e. The second-order valence-electron chi connectivity index (χ2n) is 3.78. The van der Waals surface area contributed by atoms with E-state index in [-0.39, 0.29) is 18.4 Å². The van der Waals surface area contributed by atoms with E-state index in [1.807, 2.05) is 0 Å². The van der Waals surface area contributed by atoms with E-state index >= 15 is 0 Å². The van der Waals surface area contributed by atoms with Gasteiger partial charge >= 0.3 is 5.97 Å². The molecule has 0 bridgehead atoms. The molecule has 104 valence electrons. The Morgan fingerprint density at radius 3 is 2.53 bits per heavy atom. The first-order valence-corrected chi connectivity index (χ1v) is 6.15. The maximum absolute atomic E-state index is 11.6. The van der Waals surface area contributed by atoms with Gasteiger partial charge in [0.2, 0.25) is 0 Å². The zero-order valence-electron chi connectivity index (χ0n) is 10.9. The van der Waals surface area contributed by atoms with E-state index in [0.29, 0.717) is 25.3 Å². The fourth-order valence-corrected chi connectivity index (χ4v) is 1.41. The summed E-state index contributed by atoms with van der Waals surface area (Å²) in [5.74, 6) is -0.477. The molecular weight excluding hydrogens is 246 g/mol. The lowest BCUT2D eigenvalue weighted by atomic mass is 10.2. The number of ether oxygens (including phenoxy) is 1. The Hall–Kier alpha value is -2.08. The molecule has 0 radical (unpaired) electrons. The van der Waals surface area contributed by atoms with Crippen LogP contribution in [-0.2, 0) is 9.53 Å². The van der Waals surface area contributed by atoms with E-state index in [1.54, 1.807) is 31.2 Å². The van der Waals surface area contributed by atoms with Gasteiger partial charge in [0.15, 0.2) is 0 Å². The average molecular weight is 265 g/mol. The average Bonchev–Trinajstić information content (AvgIpc) is 2.43. The highest BCUT2D eigenvalue weighted by Crippen LogP contribution is 2.09. The third-order valence-corrected chi connectivity index (χ3v) is 2.32. The van der Waals surface area contributed by atoms with E-state index in [4.69, 9.17) is 10.5 Å². The van der Waals surface area contributed by atoms with Gasteiger partial charge < -0.3 is 21.1 Å². The Balaban J connectivity index is 2.47. The van der Waals surface area contributed by atoms with E-state index in [1.165, 1.54) is 0 Å². The smallest absolute Gasteiger partial charge is 0.325 e. The molecule has 19 heavy (non-hydrogen) atoms. The Morgan fingerprint density at radius 1 is 1.26 bits per heavy atom. The molecule has 0 spiro atoms. The molecule has 1 aromatic rings. The molecule has 0 aliphatic heterocycles. The third-order valence-electron chi connectivity index (χ3n) is 2.32. The summed E-state index contributed by atoms with van der Waals surface area (Å²) in [6.07, 6.45) is 0. The lowest BCUT2D eigenvalue weighted by molar-refractivity contribution is -0.140. The predicted molar refractivity (Wildman–Crippen MR) is 73.0 cm³/mol. The van der Waals surface area contributed by atoms with Gasteiger partial charge in [-0.3, -0.25) is 9.59 Å². The van der Waals surface area contributed by atoms with Gasteiger partial charge in [0.25, 0.3) is 5.91 Å². The number of rotatable bonds is 7. The standard InChI is InChI=1S/C13H19N3O3/c1-2-19-12(17)9-16-11-5-3-10(4-6-11)13(18)15-8-7-14/h3-6,16H,2,7-9,14H2,1H3,(H,15,18). The number of amides is 1. The van der Waals surface area contributed by atoms with Crippen LogP contribution >= 0.6 is 0 Å². The summed E-state index contributed by atoms with van der Waals surface area (Å²) in [6, 6.07) is 6.83. The molecule has 0 saturated heterocycles. The molecule has 0 aliphatic rings. The topological polar surface area (TPSA) is 93.4 Å². The maximum atomic E-state index is 11.6. The molecule has 1 rings (SSSR count). The molecule has 1 aromatic carbocycles. The Kier molecular flexibility index (Phi) is 6.38. The summed E-state index contributed by atoms with van der Waals surface area (Å²) in [5, 5.41) is 5.59. The molecule has 0 saturated carbocycles. The second kappa shape index (κ2) is 8.10. The molecule has 0 aromatic heterocycles. The fourth-order valence-electron chi connectivity index (χ4n) is 1.41. The van der Waals surface area contributed by atoms with Crippen molar-refractivity contribution < 1.29 is 14.3 Å². The van der Waals surface area contributed by atoms with Crippen LogP contribution in [0.15, 0.2) is 24.3 Å². The molecule has 4 N–H and O–H groups in total. The van der Waals surface area contributed by atoms with Crippen LogP contribution in [0.25, 0.3) is 0 Å². The van der Waals surface area contributed by atoms with Crippen molar-refractivity contribution >= 4 is 17.6 Å². The number of anilines is 1. The van der Waals surface area contributed by atoms with Crippen LogP contribution in [0.1, 0.15) is 17.3 Å². The molecule has 0 fully saturated rings. The summed E-state index contributed by atoms with van der Waals surface area (Å²) < 4.78 is 4.79. The van der Waals surface area contributed by atoms with Crippen LogP contribution in [0.4, 0.5) is 5.69 Å². The van der Waals surface area contributed by atoms with Crippen LogP contribution in [0.2, 0.25) is 0 Å². The largest absolute Gasteiger partial charge is 0.465 e. The highest BCUT2D eigenvalue weighted by Gasteiger charge is 2.05. The monoisotopic (exact) mass is 265 g/mol. The van der Waals surface area contributed by atoms with E-state index in [9.17, 15) is 9.59 Å². The number of carbonyl (C=O) groups is 2. The summed E-state index contributed by atoms with van der Waals surface area (Å²) in [5.41, 5.74) is 6.61. The molecule has 1 amide bonds. The minimum atomic E-state index is -0.313. The van der Waals surface area contributed by atoms with Gasteiger partial charge in [-0.25, -0.2) is 0 Å². The number of hydrogen-bond acceptors (Lipinski definition) is 5. The number of nitrogens with two attached hydrogens (primary N) is 1. The van der Waals surface area contributed by atoms with Gasteiger partial charge in [-0.1, -0.05) is 0 Å². The van der Waals surface area contributed by atoms with E-state index < -0.39 is 0 Å². The van der Waals surface area contributed by atoms with E-state index in [2.05, 4.69) is 10.6 Å². The summed E-state index contributed by atoms with van der Waals surface area (Å²) in [7, 11) is 0. The van der Waals surface area contributed by atoms with Crippen molar-refractivity contribution in [1.29, 1.82) is 0 Å². The Labute approximate surface area is 112 Å². The quantitative estimate of drug-likeness (QED) is 0.619. The molecule has 0 unspecified atom stereocenters. The van der Waals surface area contributed by atoms with Gasteiger partial charge in [0.1, 0.15) is 6.54 Å². The lowest BCUT2D eigenvalue weighted by Gasteiger charge is -2.07. The summed E-state index contributed by atoms with van der Waals surface area (Å²) >= 11 is 0. The van der Waals surface area contributed by atoms with Gasteiger partial charge in [-0.15, -0.1) is 0 Å². The highest BCUT2D eigenvalue weighted by atomic mass is 16.5. The van der Waals surface area contributed by atoms with Crippen LogP contribution in [0.3, 0.4) is 0 Å². The first kappa shape index (κ1) is 15.0. The molecular formula is C13H19N3O3. The fraction of sp³-hybridized carbons (Fsp3) is 0.385. The first-order chi connectivity index (χ1) is 9.17. The lowest BCUT2D eigenvalue weighted by Crippen LogP contribution is -2.28. The molecule has 0 atom stereocenters. The van der Waals surface area contributed by atoms with Crippen molar-refractivity contribution in [3.8, 4) is 0 Å². The molecule has 0 aliphatic carbocycles. The minimum absolute atomic E-state index is 0.104. The number of nitrogens with one attached hydrogen (secondary N) is 2.